The topological polar surface area (TPSA) is 55.1 Å². The Kier molecular flexibility index (Phi) is 5.34. The SMILES string of the molecule is Nc1cc(Cl)ccc1NC(=O)CSc1cccc(Br)c1. The van der Waals surface area contributed by atoms with Gasteiger partial charge in [-0.05, 0) is 36.4 Å². The van der Waals surface area contributed by atoms with Crippen LogP contribution in [0, 0.1) is 0 Å². The number of nitrogens with one attached hydrogen (secondary N) is 1. The minimum Gasteiger partial charge on any atom is -0.397 e. The van der Waals surface area contributed by atoms with Gasteiger partial charge in [-0.2, -0.15) is 0 Å². The molecule has 0 unspecified atom stereocenters. The van der Waals surface area contributed by atoms with E-state index in [4.69, 9.17) is 17.3 Å². The highest BCUT2D eigenvalue weighted by molar-refractivity contribution is 9.10. The first-order valence-electron chi connectivity index (χ1n) is 5.78. The van der Waals surface area contributed by atoms with Gasteiger partial charge in [0.2, 0.25) is 5.91 Å². The summed E-state index contributed by atoms with van der Waals surface area (Å²) in [6.45, 7) is 0. The molecular weight excluding hydrogens is 360 g/mol. The molecule has 3 N–H and O–H groups in total. The van der Waals surface area contributed by atoms with Gasteiger partial charge >= 0.3 is 0 Å². The predicted octanol–water partition coefficient (Wildman–Crippen LogP) is 4.42. The van der Waals surface area contributed by atoms with Gasteiger partial charge in [-0.1, -0.05) is 33.6 Å². The molecule has 0 aliphatic rings. The van der Waals surface area contributed by atoms with Crippen molar-refractivity contribution in [1.82, 2.24) is 0 Å². The lowest BCUT2D eigenvalue weighted by atomic mass is 10.2. The van der Waals surface area contributed by atoms with Crippen LogP contribution in [-0.2, 0) is 4.79 Å². The normalized spacial score (nSPS) is 10.3. The van der Waals surface area contributed by atoms with Crippen molar-refractivity contribution in [1.29, 1.82) is 0 Å². The van der Waals surface area contributed by atoms with E-state index in [1.54, 1.807) is 18.2 Å². The van der Waals surface area contributed by atoms with Crippen LogP contribution in [0.4, 0.5) is 11.4 Å². The van der Waals surface area contributed by atoms with Crippen LogP contribution in [0.3, 0.4) is 0 Å². The Morgan fingerprint density at radius 3 is 2.80 bits per heavy atom. The van der Waals surface area contributed by atoms with Gasteiger partial charge in [0.15, 0.2) is 0 Å². The van der Waals surface area contributed by atoms with E-state index in [0.717, 1.165) is 9.37 Å². The third kappa shape index (κ3) is 4.44. The maximum atomic E-state index is 11.9. The minimum atomic E-state index is -0.107. The zero-order valence-corrected chi connectivity index (χ0v) is 13.6. The van der Waals surface area contributed by atoms with Crippen molar-refractivity contribution in [2.24, 2.45) is 0 Å². The number of rotatable bonds is 4. The van der Waals surface area contributed by atoms with E-state index in [1.807, 2.05) is 24.3 Å². The zero-order valence-electron chi connectivity index (χ0n) is 10.4. The van der Waals surface area contributed by atoms with E-state index in [9.17, 15) is 4.79 Å². The van der Waals surface area contributed by atoms with Gasteiger partial charge in [0.25, 0.3) is 0 Å². The summed E-state index contributed by atoms with van der Waals surface area (Å²) in [6.07, 6.45) is 0. The van der Waals surface area contributed by atoms with E-state index in [1.165, 1.54) is 11.8 Å². The molecule has 0 spiro atoms. The first kappa shape index (κ1) is 15.2. The van der Waals surface area contributed by atoms with Crippen LogP contribution < -0.4 is 11.1 Å². The van der Waals surface area contributed by atoms with Gasteiger partial charge in [-0.25, -0.2) is 0 Å². The third-order valence-corrected chi connectivity index (χ3v) is 4.18. The lowest BCUT2D eigenvalue weighted by Crippen LogP contribution is -2.15. The molecule has 0 radical (unpaired) electrons. The van der Waals surface area contributed by atoms with Crippen LogP contribution in [0.25, 0.3) is 0 Å². The summed E-state index contributed by atoms with van der Waals surface area (Å²) >= 11 is 10.7. The number of thioether (sulfide) groups is 1. The van der Waals surface area contributed by atoms with Crippen molar-refractivity contribution in [3.05, 3.63) is 52.0 Å². The number of hydrogen-bond acceptors (Lipinski definition) is 3. The lowest BCUT2D eigenvalue weighted by Gasteiger charge is -2.08. The summed E-state index contributed by atoms with van der Waals surface area (Å²) in [5, 5.41) is 3.31. The van der Waals surface area contributed by atoms with E-state index in [-0.39, 0.29) is 5.91 Å². The number of hydrogen-bond donors (Lipinski definition) is 2. The molecule has 104 valence electrons. The van der Waals surface area contributed by atoms with Crippen molar-refractivity contribution >= 4 is 56.6 Å². The standard InChI is InChI=1S/C14H12BrClN2OS/c15-9-2-1-3-11(6-9)20-8-14(19)18-13-5-4-10(16)7-12(13)17/h1-7H,8,17H2,(H,18,19). The summed E-state index contributed by atoms with van der Waals surface area (Å²) in [7, 11) is 0. The van der Waals surface area contributed by atoms with Gasteiger partial charge in [0, 0.05) is 14.4 Å². The number of nitrogen functional groups attached to an aromatic ring is 1. The summed E-state index contributed by atoms with van der Waals surface area (Å²) < 4.78 is 0.991. The highest BCUT2D eigenvalue weighted by Crippen LogP contribution is 2.24. The Morgan fingerprint density at radius 1 is 1.30 bits per heavy atom. The maximum Gasteiger partial charge on any atom is 0.234 e. The summed E-state index contributed by atoms with van der Waals surface area (Å²) in [4.78, 5) is 12.9. The summed E-state index contributed by atoms with van der Waals surface area (Å²) in [5.41, 5.74) is 6.82. The maximum absolute atomic E-state index is 11.9. The molecule has 2 aromatic carbocycles. The van der Waals surface area contributed by atoms with Crippen LogP contribution in [0.1, 0.15) is 0 Å². The quantitative estimate of drug-likeness (QED) is 0.618. The first-order chi connectivity index (χ1) is 9.54. The molecule has 0 aliphatic carbocycles. The van der Waals surface area contributed by atoms with Crippen LogP contribution in [0.2, 0.25) is 5.02 Å². The van der Waals surface area contributed by atoms with Gasteiger partial charge in [-0.3, -0.25) is 4.79 Å². The molecule has 0 saturated heterocycles. The van der Waals surface area contributed by atoms with Crippen molar-refractivity contribution in [2.45, 2.75) is 4.90 Å². The number of anilines is 2. The Hall–Kier alpha value is -1.17. The van der Waals surface area contributed by atoms with Crippen LogP contribution in [0.5, 0.6) is 0 Å². The summed E-state index contributed by atoms with van der Waals surface area (Å²) in [6, 6.07) is 12.8. The second kappa shape index (κ2) is 7.02. The van der Waals surface area contributed by atoms with Crippen molar-refractivity contribution in [3.63, 3.8) is 0 Å². The molecule has 3 nitrogen and oxygen atoms in total. The highest BCUT2D eigenvalue weighted by Gasteiger charge is 2.06. The molecule has 2 aromatic rings. The molecule has 20 heavy (non-hydrogen) atoms. The van der Waals surface area contributed by atoms with Gasteiger partial charge in [0.05, 0.1) is 17.1 Å². The van der Waals surface area contributed by atoms with Crippen LogP contribution in [0.15, 0.2) is 51.8 Å². The molecule has 0 saturated carbocycles. The largest absolute Gasteiger partial charge is 0.397 e. The van der Waals surface area contributed by atoms with Crippen LogP contribution in [-0.4, -0.2) is 11.7 Å². The molecule has 6 heteroatoms. The molecule has 1 amide bonds. The monoisotopic (exact) mass is 370 g/mol. The fourth-order valence-electron chi connectivity index (χ4n) is 1.54. The Labute approximate surface area is 135 Å². The number of amides is 1. The van der Waals surface area contributed by atoms with Crippen molar-refractivity contribution < 1.29 is 4.79 Å². The van der Waals surface area contributed by atoms with Gasteiger partial charge in [0.1, 0.15) is 0 Å². The van der Waals surface area contributed by atoms with Crippen molar-refractivity contribution in [2.75, 3.05) is 16.8 Å². The van der Waals surface area contributed by atoms with E-state index >= 15 is 0 Å². The molecule has 2 rings (SSSR count). The Morgan fingerprint density at radius 2 is 2.10 bits per heavy atom. The molecule has 0 bridgehead atoms. The molecule has 0 fully saturated rings. The minimum absolute atomic E-state index is 0.107. The van der Waals surface area contributed by atoms with E-state index < -0.39 is 0 Å². The molecule has 0 aliphatic heterocycles. The third-order valence-electron chi connectivity index (χ3n) is 2.45. The predicted molar refractivity (Wildman–Crippen MR) is 89.4 cm³/mol. The second-order valence-electron chi connectivity index (χ2n) is 4.03. The number of benzene rings is 2. The Bertz CT molecular complexity index is 636. The van der Waals surface area contributed by atoms with E-state index in [0.29, 0.717) is 22.2 Å². The molecule has 0 heterocycles. The molecule has 0 atom stereocenters. The first-order valence-corrected chi connectivity index (χ1v) is 7.93. The smallest absolute Gasteiger partial charge is 0.234 e. The Balaban J connectivity index is 1.92. The highest BCUT2D eigenvalue weighted by atomic mass is 79.9. The number of halogens is 2. The number of carbonyl (C=O) groups is 1. The van der Waals surface area contributed by atoms with Crippen LogP contribution >= 0.6 is 39.3 Å². The average Bonchev–Trinajstić information content (AvgIpc) is 2.40. The summed E-state index contributed by atoms with van der Waals surface area (Å²) in [5.74, 6) is 0.211. The number of carbonyl (C=O) groups excluding carboxylic acids is 1. The fourth-order valence-corrected chi connectivity index (χ4v) is 3.03. The zero-order chi connectivity index (χ0) is 14.5. The molecular formula is C14H12BrClN2OS. The fraction of sp³-hybridized carbons (Fsp3) is 0.0714. The second-order valence-corrected chi connectivity index (χ2v) is 6.43. The number of nitrogens with two attached hydrogens (primary N) is 1. The van der Waals surface area contributed by atoms with E-state index in [2.05, 4.69) is 21.2 Å². The lowest BCUT2D eigenvalue weighted by molar-refractivity contribution is -0.113. The molecule has 0 aromatic heterocycles. The average molecular weight is 372 g/mol. The van der Waals surface area contributed by atoms with Crippen molar-refractivity contribution in [3.8, 4) is 0 Å². The van der Waals surface area contributed by atoms with Gasteiger partial charge in [-0.15, -0.1) is 11.8 Å². The van der Waals surface area contributed by atoms with Gasteiger partial charge < -0.3 is 11.1 Å².